The Hall–Kier alpha value is -2.24. The van der Waals surface area contributed by atoms with Gasteiger partial charge in [-0.3, -0.25) is 4.79 Å². The standard InChI is InChI=1S/C31H46N2O2S/c1-7-29(35-6)22-28-24-33(23-26(5)36-30(28)8-2)31(34)18-14-20-32(9-3)19-13-15-25(4)21-27-16-11-10-12-17-27/h7-8,10-12,16-17,22,25-26H,1-2,9,13-15,18-21,23-24H2,3-6H3/b29-22+/t25?,26-/m0/s1. The van der Waals surface area contributed by atoms with E-state index in [9.17, 15) is 4.79 Å². The third-order valence-corrected chi connectivity index (χ3v) is 7.92. The van der Waals surface area contributed by atoms with Gasteiger partial charge in [-0.05, 0) is 74.5 Å². The van der Waals surface area contributed by atoms with E-state index in [-0.39, 0.29) is 5.91 Å². The van der Waals surface area contributed by atoms with Gasteiger partial charge in [0.1, 0.15) is 5.76 Å². The first kappa shape index (κ1) is 30.0. The maximum Gasteiger partial charge on any atom is 0.222 e. The minimum atomic E-state index is 0.226. The summed E-state index contributed by atoms with van der Waals surface area (Å²) < 4.78 is 5.39. The van der Waals surface area contributed by atoms with Crippen LogP contribution < -0.4 is 0 Å². The Bertz CT molecular complexity index is 893. The molecule has 1 unspecified atom stereocenters. The number of rotatable bonds is 15. The lowest BCUT2D eigenvalue weighted by atomic mass is 9.96. The molecule has 0 saturated carbocycles. The van der Waals surface area contributed by atoms with Gasteiger partial charge in [0.15, 0.2) is 0 Å². The first-order valence-electron chi connectivity index (χ1n) is 13.3. The van der Waals surface area contributed by atoms with Crippen LogP contribution in [0.15, 0.2) is 78.0 Å². The van der Waals surface area contributed by atoms with Gasteiger partial charge in [-0.15, -0.1) is 11.8 Å². The van der Waals surface area contributed by atoms with E-state index in [0.29, 0.717) is 29.9 Å². The number of thioether (sulfide) groups is 1. The van der Waals surface area contributed by atoms with Crippen LogP contribution in [0, 0.1) is 5.92 Å². The third-order valence-electron chi connectivity index (χ3n) is 6.69. The predicted molar refractivity (Wildman–Crippen MR) is 156 cm³/mol. The highest BCUT2D eigenvalue weighted by Crippen LogP contribution is 2.31. The molecule has 1 aliphatic rings. The highest BCUT2D eigenvalue weighted by Gasteiger charge is 2.23. The Balaban J connectivity index is 1.83. The summed E-state index contributed by atoms with van der Waals surface area (Å²) in [4.78, 5) is 18.8. The molecule has 198 valence electrons. The number of methoxy groups -OCH3 is 1. The molecule has 2 atom stereocenters. The zero-order chi connectivity index (χ0) is 26.3. The highest BCUT2D eigenvalue weighted by atomic mass is 32.2. The Morgan fingerprint density at radius 1 is 1.25 bits per heavy atom. The second-order valence-corrected chi connectivity index (χ2v) is 11.2. The summed E-state index contributed by atoms with van der Waals surface area (Å²) in [6.45, 7) is 19.0. The number of nitrogens with zero attached hydrogens (tertiary/aromatic N) is 2. The Labute approximate surface area is 224 Å². The summed E-state index contributed by atoms with van der Waals surface area (Å²) in [6.07, 6.45) is 10.6. The molecule has 0 radical (unpaired) electrons. The van der Waals surface area contributed by atoms with Gasteiger partial charge in [0, 0.05) is 29.7 Å². The normalized spacial score (nSPS) is 17.6. The minimum absolute atomic E-state index is 0.226. The van der Waals surface area contributed by atoms with Crippen molar-refractivity contribution in [3.63, 3.8) is 0 Å². The van der Waals surface area contributed by atoms with Crippen molar-refractivity contribution in [3.8, 4) is 0 Å². The highest BCUT2D eigenvalue weighted by molar-refractivity contribution is 8.03. The van der Waals surface area contributed by atoms with E-state index >= 15 is 0 Å². The molecule has 4 nitrogen and oxygen atoms in total. The maximum atomic E-state index is 13.2. The van der Waals surface area contributed by atoms with Crippen molar-refractivity contribution in [1.82, 2.24) is 9.80 Å². The van der Waals surface area contributed by atoms with Gasteiger partial charge in [0.05, 0.1) is 7.11 Å². The van der Waals surface area contributed by atoms with E-state index in [1.807, 2.05) is 17.1 Å². The monoisotopic (exact) mass is 510 g/mol. The van der Waals surface area contributed by atoms with E-state index < -0.39 is 0 Å². The Morgan fingerprint density at radius 3 is 2.61 bits per heavy atom. The third kappa shape index (κ3) is 10.4. The molecule has 0 aliphatic carbocycles. The zero-order valence-corrected chi connectivity index (χ0v) is 23.7. The number of carbonyl (C=O) groups is 1. The zero-order valence-electron chi connectivity index (χ0n) is 22.9. The summed E-state index contributed by atoms with van der Waals surface area (Å²) in [5, 5.41) is 0.313. The maximum absolute atomic E-state index is 13.2. The van der Waals surface area contributed by atoms with E-state index in [1.165, 1.54) is 18.4 Å². The number of hydrogen-bond donors (Lipinski definition) is 0. The van der Waals surface area contributed by atoms with Crippen LogP contribution >= 0.6 is 11.8 Å². The first-order valence-corrected chi connectivity index (χ1v) is 14.2. The second-order valence-electron chi connectivity index (χ2n) is 9.73. The molecular formula is C31H46N2O2S. The van der Waals surface area contributed by atoms with Crippen molar-refractivity contribution in [2.75, 3.05) is 39.8 Å². The summed E-state index contributed by atoms with van der Waals surface area (Å²) in [5.74, 6) is 1.61. The van der Waals surface area contributed by atoms with Gasteiger partial charge in [0.25, 0.3) is 0 Å². The largest absolute Gasteiger partial charge is 0.497 e. The molecule has 0 saturated heterocycles. The van der Waals surface area contributed by atoms with Gasteiger partial charge in [0.2, 0.25) is 5.91 Å². The fourth-order valence-corrected chi connectivity index (χ4v) is 5.73. The van der Waals surface area contributed by atoms with Crippen LogP contribution in [0.1, 0.15) is 52.0 Å². The molecule has 0 aromatic heterocycles. The van der Waals surface area contributed by atoms with Crippen LogP contribution in [0.4, 0.5) is 0 Å². The van der Waals surface area contributed by atoms with Crippen LogP contribution in [0.25, 0.3) is 0 Å². The number of ether oxygens (including phenoxy) is 1. The van der Waals surface area contributed by atoms with E-state index in [2.05, 4.69) is 69.2 Å². The van der Waals surface area contributed by atoms with Gasteiger partial charge in [-0.2, -0.15) is 0 Å². The topological polar surface area (TPSA) is 32.8 Å². The summed E-state index contributed by atoms with van der Waals surface area (Å²) >= 11 is 1.77. The van der Waals surface area contributed by atoms with E-state index in [1.54, 1.807) is 24.9 Å². The van der Waals surface area contributed by atoms with Crippen LogP contribution in [-0.2, 0) is 16.0 Å². The second kappa shape index (κ2) is 16.5. The molecule has 0 spiro atoms. The van der Waals surface area contributed by atoms with Gasteiger partial charge < -0.3 is 14.5 Å². The number of carbonyl (C=O) groups excluding carboxylic acids is 1. The molecule has 5 heteroatoms. The molecular weight excluding hydrogens is 464 g/mol. The lowest BCUT2D eigenvalue weighted by Crippen LogP contribution is -2.36. The van der Waals surface area contributed by atoms with Crippen molar-refractivity contribution < 1.29 is 9.53 Å². The smallest absolute Gasteiger partial charge is 0.222 e. The molecule has 0 N–H and O–H groups in total. The van der Waals surface area contributed by atoms with Gasteiger partial charge in [-0.25, -0.2) is 0 Å². The molecule has 1 aliphatic heterocycles. The lowest BCUT2D eigenvalue weighted by molar-refractivity contribution is -0.130. The molecule has 1 amide bonds. The van der Waals surface area contributed by atoms with E-state index in [4.69, 9.17) is 4.74 Å². The van der Waals surface area contributed by atoms with Crippen molar-refractivity contribution in [2.24, 2.45) is 5.92 Å². The Kier molecular flexibility index (Phi) is 13.7. The molecule has 2 rings (SSSR count). The Morgan fingerprint density at radius 2 is 1.97 bits per heavy atom. The number of amides is 1. The van der Waals surface area contributed by atoms with E-state index in [0.717, 1.165) is 49.5 Å². The number of allylic oxidation sites excluding steroid dienone is 2. The number of hydrogen-bond acceptors (Lipinski definition) is 4. The van der Waals surface area contributed by atoms with Crippen LogP contribution in [-0.4, -0.2) is 60.8 Å². The fourth-order valence-electron chi connectivity index (χ4n) is 4.67. The van der Waals surface area contributed by atoms with Gasteiger partial charge >= 0.3 is 0 Å². The summed E-state index contributed by atoms with van der Waals surface area (Å²) in [7, 11) is 1.64. The SMILES string of the molecule is C=CC1=C(/C=C(\C=C)OC)CN(C(=O)CCCN(CC)CCCC(C)Cc2ccccc2)C[C@H](C)S1. The average molecular weight is 511 g/mol. The lowest BCUT2D eigenvalue weighted by Gasteiger charge is -2.25. The molecule has 1 aromatic carbocycles. The van der Waals surface area contributed by atoms with Crippen LogP contribution in [0.3, 0.4) is 0 Å². The molecule has 1 heterocycles. The summed E-state index contributed by atoms with van der Waals surface area (Å²) in [5.41, 5.74) is 2.48. The molecule has 1 aromatic rings. The summed E-state index contributed by atoms with van der Waals surface area (Å²) in [6, 6.07) is 10.8. The number of benzene rings is 1. The van der Waals surface area contributed by atoms with Crippen molar-refractivity contribution in [3.05, 3.63) is 83.5 Å². The van der Waals surface area contributed by atoms with Gasteiger partial charge in [-0.1, -0.05) is 70.3 Å². The van der Waals surface area contributed by atoms with Crippen molar-refractivity contribution >= 4 is 17.7 Å². The molecule has 0 bridgehead atoms. The molecule has 36 heavy (non-hydrogen) atoms. The van der Waals surface area contributed by atoms with Crippen LogP contribution in [0.2, 0.25) is 0 Å². The van der Waals surface area contributed by atoms with Crippen LogP contribution in [0.5, 0.6) is 0 Å². The minimum Gasteiger partial charge on any atom is -0.497 e. The van der Waals surface area contributed by atoms with Crippen molar-refractivity contribution in [2.45, 2.75) is 58.1 Å². The first-order chi connectivity index (χ1) is 17.4. The molecule has 0 fully saturated rings. The quantitative estimate of drug-likeness (QED) is 0.190. The predicted octanol–water partition coefficient (Wildman–Crippen LogP) is 6.87. The van der Waals surface area contributed by atoms with Crippen molar-refractivity contribution in [1.29, 1.82) is 0 Å². The average Bonchev–Trinajstić information content (AvgIpc) is 3.04. The fraction of sp³-hybridized carbons (Fsp3) is 0.516.